The number of ether oxygens (including phenoxy) is 2. The first-order chi connectivity index (χ1) is 23.6. The van der Waals surface area contributed by atoms with E-state index in [-0.39, 0.29) is 5.57 Å². The van der Waals surface area contributed by atoms with Crippen molar-refractivity contribution in [2.45, 2.75) is 65.2 Å². The molecule has 5 rings (SSSR count). The zero-order valence-corrected chi connectivity index (χ0v) is 28.5. The van der Waals surface area contributed by atoms with Gasteiger partial charge < -0.3 is 14.4 Å². The predicted molar refractivity (Wildman–Crippen MR) is 196 cm³/mol. The van der Waals surface area contributed by atoms with Crippen LogP contribution in [0.3, 0.4) is 0 Å². The van der Waals surface area contributed by atoms with Crippen LogP contribution in [-0.2, 0) is 0 Å². The maximum atomic E-state index is 9.23. The lowest BCUT2D eigenvalue weighted by Crippen LogP contribution is -2.10. The number of nitriles is 2. The first-order valence-corrected chi connectivity index (χ1v) is 17.5. The highest BCUT2D eigenvalue weighted by molar-refractivity contribution is 7.00. The van der Waals surface area contributed by atoms with Crippen LogP contribution in [0.25, 0.3) is 28.2 Å². The molecule has 0 fully saturated rings. The maximum absolute atomic E-state index is 9.23. The lowest BCUT2D eigenvalue weighted by molar-refractivity contribution is 0.305. The Morgan fingerprint density at radius 2 is 1.15 bits per heavy atom. The van der Waals surface area contributed by atoms with E-state index in [1.165, 1.54) is 38.5 Å². The molecular formula is C40H41N5O2S. The normalized spacial score (nSPS) is 10.7. The first kappa shape index (κ1) is 34.2. The van der Waals surface area contributed by atoms with Gasteiger partial charge in [0.15, 0.2) is 0 Å². The Morgan fingerprint density at radius 1 is 0.646 bits per heavy atom. The number of allylic oxidation sites excluding steroid dienone is 1. The average molecular weight is 656 g/mol. The fraction of sp³-hybridized carbons (Fsp3) is 0.300. The van der Waals surface area contributed by atoms with Crippen molar-refractivity contribution in [2.75, 3.05) is 18.1 Å². The molecular weight excluding hydrogens is 615 g/mol. The molecule has 7 nitrogen and oxygen atoms in total. The highest BCUT2D eigenvalue weighted by Crippen LogP contribution is 2.38. The molecule has 0 spiro atoms. The summed E-state index contributed by atoms with van der Waals surface area (Å²) in [6, 6.07) is 32.6. The minimum atomic E-state index is 0.0274. The Labute approximate surface area is 288 Å². The lowest BCUT2D eigenvalue weighted by Gasteiger charge is -2.26. The molecule has 0 unspecified atom stereocenters. The molecule has 5 aromatic rings. The van der Waals surface area contributed by atoms with E-state index in [1.54, 1.807) is 6.08 Å². The molecule has 8 heteroatoms. The third-order valence-electron chi connectivity index (χ3n) is 8.15. The summed E-state index contributed by atoms with van der Waals surface area (Å²) in [5, 5.41) is 18.5. The van der Waals surface area contributed by atoms with Crippen LogP contribution < -0.4 is 14.4 Å². The van der Waals surface area contributed by atoms with Crippen molar-refractivity contribution in [3.8, 4) is 34.8 Å². The van der Waals surface area contributed by atoms with E-state index in [0.29, 0.717) is 11.1 Å². The Hall–Kier alpha value is -5.18. The van der Waals surface area contributed by atoms with Gasteiger partial charge in [-0.2, -0.15) is 19.3 Å². The summed E-state index contributed by atoms with van der Waals surface area (Å²) in [5.41, 5.74) is 7.10. The average Bonchev–Trinajstić information content (AvgIpc) is 3.63. The molecule has 0 radical (unpaired) electrons. The topological polar surface area (TPSA) is 95.1 Å². The molecule has 0 N–H and O–H groups in total. The van der Waals surface area contributed by atoms with Crippen LogP contribution >= 0.6 is 11.7 Å². The largest absolute Gasteiger partial charge is 0.494 e. The van der Waals surface area contributed by atoms with E-state index in [2.05, 4.69) is 76.0 Å². The molecule has 0 atom stereocenters. The summed E-state index contributed by atoms with van der Waals surface area (Å²) in [5.74, 6) is 1.74. The number of anilines is 3. The van der Waals surface area contributed by atoms with Gasteiger partial charge in [0, 0.05) is 28.2 Å². The summed E-state index contributed by atoms with van der Waals surface area (Å²) in [6.07, 6.45) is 10.9. The minimum absolute atomic E-state index is 0.0274. The molecule has 1 aromatic heterocycles. The Bertz CT molecular complexity index is 1790. The third-order valence-corrected chi connectivity index (χ3v) is 8.68. The van der Waals surface area contributed by atoms with Crippen LogP contribution in [0, 0.1) is 22.7 Å². The minimum Gasteiger partial charge on any atom is -0.494 e. The molecule has 0 aliphatic carbocycles. The van der Waals surface area contributed by atoms with Gasteiger partial charge in [-0.25, -0.2) is 0 Å². The van der Waals surface area contributed by atoms with E-state index >= 15 is 0 Å². The van der Waals surface area contributed by atoms with Crippen molar-refractivity contribution >= 4 is 45.9 Å². The molecule has 0 amide bonds. The highest BCUT2D eigenvalue weighted by Gasteiger charge is 2.16. The number of rotatable bonds is 17. The predicted octanol–water partition coefficient (Wildman–Crippen LogP) is 11.2. The second kappa shape index (κ2) is 17.7. The van der Waals surface area contributed by atoms with Gasteiger partial charge in [0.1, 0.15) is 40.2 Å². The van der Waals surface area contributed by atoms with Gasteiger partial charge in [0.05, 0.1) is 24.9 Å². The second-order valence-corrected chi connectivity index (χ2v) is 12.2. The Balaban J connectivity index is 1.41. The molecule has 0 saturated heterocycles. The van der Waals surface area contributed by atoms with Gasteiger partial charge in [0.25, 0.3) is 0 Å². The van der Waals surface area contributed by atoms with E-state index < -0.39 is 0 Å². The number of hydrogen-bond donors (Lipinski definition) is 0. The summed E-state index contributed by atoms with van der Waals surface area (Å²) in [6.45, 7) is 5.88. The van der Waals surface area contributed by atoms with Crippen molar-refractivity contribution in [3.05, 3.63) is 96.1 Å². The van der Waals surface area contributed by atoms with Crippen molar-refractivity contribution in [2.24, 2.45) is 0 Å². The highest BCUT2D eigenvalue weighted by atomic mass is 32.1. The van der Waals surface area contributed by atoms with Crippen molar-refractivity contribution < 1.29 is 9.47 Å². The molecule has 0 aliphatic heterocycles. The monoisotopic (exact) mass is 655 g/mol. The molecule has 0 bridgehead atoms. The molecule has 1 heterocycles. The van der Waals surface area contributed by atoms with Crippen molar-refractivity contribution in [1.29, 1.82) is 10.5 Å². The molecule has 4 aromatic carbocycles. The zero-order valence-electron chi connectivity index (χ0n) is 27.7. The number of fused-ring (bicyclic) bond motifs is 1. The van der Waals surface area contributed by atoms with Gasteiger partial charge in [-0.05, 0) is 85.1 Å². The fourth-order valence-corrected chi connectivity index (χ4v) is 6.12. The van der Waals surface area contributed by atoms with Gasteiger partial charge in [-0.3, -0.25) is 0 Å². The van der Waals surface area contributed by atoms with Gasteiger partial charge in [-0.1, -0.05) is 76.6 Å². The van der Waals surface area contributed by atoms with E-state index in [1.807, 2.05) is 48.5 Å². The quantitative estimate of drug-likeness (QED) is 0.0726. The molecule has 48 heavy (non-hydrogen) atoms. The molecule has 0 aliphatic rings. The SMILES string of the molecule is CCCCCCOc1ccc(N(c2ccc(OCCCCCC)cc2)c2ccc(-c3ccc(C=C(C#N)C#N)c4nsnc34)cc2)cc1. The van der Waals surface area contributed by atoms with Crippen molar-refractivity contribution in [3.63, 3.8) is 0 Å². The lowest BCUT2D eigenvalue weighted by atomic mass is 10.00. The summed E-state index contributed by atoms with van der Waals surface area (Å²) < 4.78 is 21.1. The van der Waals surface area contributed by atoms with Crippen LogP contribution in [0.4, 0.5) is 17.1 Å². The summed E-state index contributed by atoms with van der Waals surface area (Å²) in [4.78, 5) is 2.22. The van der Waals surface area contributed by atoms with Crippen LogP contribution in [0.5, 0.6) is 11.5 Å². The number of aromatic nitrogens is 2. The smallest absolute Gasteiger partial charge is 0.130 e. The number of benzene rings is 4. The standard InChI is InChI=1S/C40H41N5O2S/c1-3-5-7-9-25-46-36-20-16-34(17-21-36)45(35-18-22-37(23-19-35)47-26-10-8-6-4-2)33-14-11-31(12-15-33)38-24-13-32(27-30(28-41)29-42)39-40(38)44-48-43-39/h11-24,27H,3-10,25-26H2,1-2H3. The molecule has 0 saturated carbocycles. The summed E-state index contributed by atoms with van der Waals surface area (Å²) >= 11 is 1.12. The number of hydrogen-bond acceptors (Lipinski definition) is 8. The van der Waals surface area contributed by atoms with Crippen LogP contribution in [0.15, 0.2) is 90.5 Å². The van der Waals surface area contributed by atoms with Crippen LogP contribution in [0.1, 0.15) is 70.8 Å². The van der Waals surface area contributed by atoms with Gasteiger partial charge in [0.2, 0.25) is 0 Å². The number of nitrogens with zero attached hydrogens (tertiary/aromatic N) is 5. The number of unbranched alkanes of at least 4 members (excludes halogenated alkanes) is 6. The van der Waals surface area contributed by atoms with Crippen molar-refractivity contribution in [1.82, 2.24) is 8.75 Å². The third kappa shape index (κ3) is 8.79. The van der Waals surface area contributed by atoms with Crippen LogP contribution in [-0.4, -0.2) is 22.0 Å². The second-order valence-electron chi connectivity index (χ2n) is 11.6. The maximum Gasteiger partial charge on any atom is 0.130 e. The Morgan fingerprint density at radius 3 is 1.65 bits per heavy atom. The van der Waals surface area contributed by atoms with Gasteiger partial charge in [-0.15, -0.1) is 0 Å². The van der Waals surface area contributed by atoms with E-state index in [0.717, 1.165) is 83.0 Å². The zero-order chi connectivity index (χ0) is 33.6. The van der Waals surface area contributed by atoms with Gasteiger partial charge >= 0.3 is 0 Å². The van der Waals surface area contributed by atoms with Crippen LogP contribution in [0.2, 0.25) is 0 Å². The van der Waals surface area contributed by atoms with E-state index in [9.17, 15) is 10.5 Å². The fourth-order valence-electron chi connectivity index (χ4n) is 5.54. The molecule has 244 valence electrons. The Kier molecular flexibility index (Phi) is 12.6. The first-order valence-electron chi connectivity index (χ1n) is 16.8. The van der Waals surface area contributed by atoms with E-state index in [4.69, 9.17) is 9.47 Å². The summed E-state index contributed by atoms with van der Waals surface area (Å²) in [7, 11) is 0.